The number of carbonyl (C=O) groups is 1. The van der Waals surface area contributed by atoms with Crippen LogP contribution in [0.1, 0.15) is 38.2 Å². The van der Waals surface area contributed by atoms with Gasteiger partial charge in [0.1, 0.15) is 0 Å². The zero-order valence-corrected chi connectivity index (χ0v) is 11.6. The molecule has 1 aromatic rings. The number of benzene rings is 1. The van der Waals surface area contributed by atoms with E-state index in [9.17, 15) is 4.79 Å². The highest BCUT2D eigenvalue weighted by Crippen LogP contribution is 2.49. The van der Waals surface area contributed by atoms with Crippen molar-refractivity contribution in [3.8, 4) is 0 Å². The third-order valence-electron chi connectivity index (χ3n) is 3.27. The third kappa shape index (κ3) is 2.71. The van der Waals surface area contributed by atoms with Gasteiger partial charge in [-0.3, -0.25) is 4.79 Å². The Kier molecular flexibility index (Phi) is 3.87. The second kappa shape index (κ2) is 5.21. The van der Waals surface area contributed by atoms with Crippen molar-refractivity contribution >= 4 is 21.9 Å². The summed E-state index contributed by atoms with van der Waals surface area (Å²) < 4.78 is 6.38. The lowest BCUT2D eigenvalue weighted by molar-refractivity contribution is -0.146. The van der Waals surface area contributed by atoms with E-state index >= 15 is 0 Å². The Morgan fingerprint density at radius 3 is 2.53 bits per heavy atom. The lowest BCUT2D eigenvalue weighted by Crippen LogP contribution is -2.23. The molecule has 0 aromatic heterocycles. The van der Waals surface area contributed by atoms with E-state index in [0.717, 1.165) is 35.7 Å². The summed E-state index contributed by atoms with van der Waals surface area (Å²) in [5.74, 6) is -0.0479. The Labute approximate surface area is 110 Å². The number of carbonyl (C=O) groups excluding carboxylic acids is 1. The molecule has 2 nitrogen and oxygen atoms in total. The molecule has 0 heterocycles. The van der Waals surface area contributed by atoms with Crippen LogP contribution in [0.4, 0.5) is 0 Å². The molecule has 0 atom stereocenters. The van der Waals surface area contributed by atoms with Gasteiger partial charge in [-0.2, -0.15) is 0 Å². The number of hydrogen-bond donors (Lipinski definition) is 0. The van der Waals surface area contributed by atoms with Gasteiger partial charge in [-0.1, -0.05) is 41.4 Å². The molecule has 1 aliphatic rings. The molecular formula is C14H17BrO2. The molecular weight excluding hydrogens is 280 g/mol. The Morgan fingerprint density at radius 1 is 1.35 bits per heavy atom. The number of unbranched alkanes of at least 4 members (excludes halogenated alkanes) is 1. The standard InChI is InChI=1S/C14H17BrO2/c1-2-3-10-17-13(16)14(8-9-14)11-4-6-12(15)7-5-11/h4-7H,2-3,8-10H2,1H3. The fraction of sp³-hybridized carbons (Fsp3) is 0.500. The summed E-state index contributed by atoms with van der Waals surface area (Å²) in [6.07, 6.45) is 3.83. The Bertz CT molecular complexity index is 393. The second-order valence-electron chi connectivity index (χ2n) is 4.58. The maximum Gasteiger partial charge on any atom is 0.316 e. The normalized spacial score (nSPS) is 16.6. The van der Waals surface area contributed by atoms with Crippen LogP contribution in [0.25, 0.3) is 0 Å². The van der Waals surface area contributed by atoms with Crippen molar-refractivity contribution in [1.82, 2.24) is 0 Å². The summed E-state index contributed by atoms with van der Waals surface area (Å²) in [5.41, 5.74) is 0.747. The van der Waals surface area contributed by atoms with Crippen molar-refractivity contribution in [3.05, 3.63) is 34.3 Å². The first-order valence-corrected chi connectivity index (χ1v) is 6.91. The van der Waals surface area contributed by atoms with Crippen LogP contribution < -0.4 is 0 Å². The smallest absolute Gasteiger partial charge is 0.316 e. The number of halogens is 1. The van der Waals surface area contributed by atoms with E-state index in [2.05, 4.69) is 22.9 Å². The van der Waals surface area contributed by atoms with Crippen LogP contribution >= 0.6 is 15.9 Å². The minimum Gasteiger partial charge on any atom is -0.465 e. The molecule has 1 aliphatic carbocycles. The molecule has 0 N–H and O–H groups in total. The maximum atomic E-state index is 12.1. The van der Waals surface area contributed by atoms with E-state index in [1.54, 1.807) is 0 Å². The first-order chi connectivity index (χ1) is 8.19. The van der Waals surface area contributed by atoms with Gasteiger partial charge in [0.15, 0.2) is 0 Å². The summed E-state index contributed by atoms with van der Waals surface area (Å²) >= 11 is 3.40. The lowest BCUT2D eigenvalue weighted by Gasteiger charge is -2.14. The number of hydrogen-bond acceptors (Lipinski definition) is 2. The highest BCUT2D eigenvalue weighted by Gasteiger charge is 2.52. The molecule has 1 aromatic carbocycles. The zero-order valence-electron chi connectivity index (χ0n) is 10.0. The van der Waals surface area contributed by atoms with E-state index in [1.165, 1.54) is 0 Å². The molecule has 1 fully saturated rings. The van der Waals surface area contributed by atoms with Crippen LogP contribution in [0.15, 0.2) is 28.7 Å². The average molecular weight is 297 g/mol. The molecule has 0 aliphatic heterocycles. The van der Waals surface area contributed by atoms with E-state index in [-0.39, 0.29) is 11.4 Å². The van der Waals surface area contributed by atoms with Crippen molar-refractivity contribution in [1.29, 1.82) is 0 Å². The van der Waals surface area contributed by atoms with E-state index in [1.807, 2.05) is 24.3 Å². The minimum atomic E-state index is -0.339. The van der Waals surface area contributed by atoms with Gasteiger partial charge in [0, 0.05) is 4.47 Å². The van der Waals surface area contributed by atoms with Gasteiger partial charge >= 0.3 is 5.97 Å². The molecule has 92 valence electrons. The largest absolute Gasteiger partial charge is 0.465 e. The van der Waals surface area contributed by atoms with Gasteiger partial charge in [-0.15, -0.1) is 0 Å². The summed E-state index contributed by atoms with van der Waals surface area (Å²) in [6.45, 7) is 2.64. The predicted octanol–water partition coefficient (Wildman–Crippen LogP) is 3.82. The SMILES string of the molecule is CCCCOC(=O)C1(c2ccc(Br)cc2)CC1. The van der Waals surface area contributed by atoms with Crippen molar-refractivity contribution in [2.75, 3.05) is 6.61 Å². The quantitative estimate of drug-likeness (QED) is 0.610. The fourth-order valence-corrected chi connectivity index (χ4v) is 2.22. The van der Waals surface area contributed by atoms with E-state index < -0.39 is 0 Å². The maximum absolute atomic E-state index is 12.1. The molecule has 0 saturated heterocycles. The first kappa shape index (κ1) is 12.6. The fourth-order valence-electron chi connectivity index (χ4n) is 1.95. The van der Waals surface area contributed by atoms with Crippen LogP contribution in [0.3, 0.4) is 0 Å². The first-order valence-electron chi connectivity index (χ1n) is 6.12. The highest BCUT2D eigenvalue weighted by molar-refractivity contribution is 9.10. The zero-order chi connectivity index (χ0) is 12.3. The Hall–Kier alpha value is -0.830. The number of esters is 1. The predicted molar refractivity (Wildman–Crippen MR) is 70.9 cm³/mol. The molecule has 0 spiro atoms. The third-order valence-corrected chi connectivity index (χ3v) is 3.80. The Balaban J connectivity index is 2.03. The minimum absolute atomic E-state index is 0.0479. The van der Waals surface area contributed by atoms with Crippen LogP contribution in [-0.2, 0) is 14.9 Å². The number of rotatable bonds is 5. The summed E-state index contributed by atoms with van der Waals surface area (Å²) in [4.78, 5) is 12.1. The van der Waals surface area contributed by atoms with Gasteiger partial charge in [-0.25, -0.2) is 0 Å². The van der Waals surface area contributed by atoms with Crippen LogP contribution in [-0.4, -0.2) is 12.6 Å². The van der Waals surface area contributed by atoms with Gasteiger partial charge in [0.25, 0.3) is 0 Å². The van der Waals surface area contributed by atoms with Crippen LogP contribution in [0.5, 0.6) is 0 Å². The molecule has 2 rings (SSSR count). The monoisotopic (exact) mass is 296 g/mol. The molecule has 0 unspecified atom stereocenters. The molecule has 3 heteroatoms. The van der Waals surface area contributed by atoms with Crippen molar-refractivity contribution in [2.24, 2.45) is 0 Å². The van der Waals surface area contributed by atoms with Crippen molar-refractivity contribution < 1.29 is 9.53 Å². The van der Waals surface area contributed by atoms with Crippen LogP contribution in [0.2, 0.25) is 0 Å². The molecule has 0 bridgehead atoms. The summed E-state index contributed by atoms with van der Waals surface area (Å²) in [5, 5.41) is 0. The van der Waals surface area contributed by atoms with Gasteiger partial charge in [0.2, 0.25) is 0 Å². The lowest BCUT2D eigenvalue weighted by atomic mass is 9.96. The van der Waals surface area contributed by atoms with Gasteiger partial charge in [-0.05, 0) is 37.0 Å². The van der Waals surface area contributed by atoms with Gasteiger partial charge in [0.05, 0.1) is 12.0 Å². The van der Waals surface area contributed by atoms with Crippen LogP contribution in [0, 0.1) is 0 Å². The van der Waals surface area contributed by atoms with Gasteiger partial charge < -0.3 is 4.74 Å². The average Bonchev–Trinajstić information content (AvgIpc) is 3.11. The molecule has 17 heavy (non-hydrogen) atoms. The highest BCUT2D eigenvalue weighted by atomic mass is 79.9. The summed E-state index contributed by atoms with van der Waals surface area (Å²) in [7, 11) is 0. The topological polar surface area (TPSA) is 26.3 Å². The summed E-state index contributed by atoms with van der Waals surface area (Å²) in [6, 6.07) is 7.99. The van der Waals surface area contributed by atoms with E-state index in [0.29, 0.717) is 6.61 Å². The Morgan fingerprint density at radius 2 is 2.00 bits per heavy atom. The molecule has 1 saturated carbocycles. The second-order valence-corrected chi connectivity index (χ2v) is 5.49. The molecule has 0 amide bonds. The van der Waals surface area contributed by atoms with Crippen molar-refractivity contribution in [2.45, 2.75) is 38.0 Å². The van der Waals surface area contributed by atoms with E-state index in [4.69, 9.17) is 4.74 Å². The van der Waals surface area contributed by atoms with Crippen molar-refractivity contribution in [3.63, 3.8) is 0 Å². The number of ether oxygens (including phenoxy) is 1. The molecule has 0 radical (unpaired) electrons.